The standard InChI is InChI=1S/C11H20F2INO/c1-8(14)16-7-11(2)6-15(3)5-4-9(11)10(12)13/h8-10H,4-7H2,1-3H3/t8-,9+,11-/m0/s1. The van der Waals surface area contributed by atoms with Gasteiger partial charge in [0.15, 0.2) is 0 Å². The summed E-state index contributed by atoms with van der Waals surface area (Å²) in [4.78, 5) is 2.11. The normalized spacial score (nSPS) is 34.3. The number of hydrogen-bond acceptors (Lipinski definition) is 2. The maximum Gasteiger partial charge on any atom is 0.242 e. The number of rotatable bonds is 4. The Hall–Kier alpha value is 0.510. The van der Waals surface area contributed by atoms with Gasteiger partial charge in [-0.05, 0) is 26.9 Å². The third kappa shape index (κ3) is 3.77. The van der Waals surface area contributed by atoms with Gasteiger partial charge in [0.2, 0.25) is 6.43 Å². The minimum atomic E-state index is -2.24. The molecule has 1 rings (SSSR count). The first-order chi connectivity index (χ1) is 7.35. The van der Waals surface area contributed by atoms with Crippen LogP contribution < -0.4 is 0 Å². The van der Waals surface area contributed by atoms with Crippen molar-refractivity contribution in [1.82, 2.24) is 4.90 Å². The summed E-state index contributed by atoms with van der Waals surface area (Å²) >= 11 is 2.15. The summed E-state index contributed by atoms with van der Waals surface area (Å²) in [6, 6.07) is 0. The Labute approximate surface area is 110 Å². The highest BCUT2D eigenvalue weighted by molar-refractivity contribution is 14.1. The van der Waals surface area contributed by atoms with Gasteiger partial charge in [-0.15, -0.1) is 0 Å². The Kier molecular flexibility index (Phi) is 5.38. The molecular weight excluding hydrogens is 327 g/mol. The molecule has 3 atom stereocenters. The summed E-state index contributed by atoms with van der Waals surface area (Å²) < 4.78 is 31.6. The average Bonchev–Trinajstić information content (AvgIpc) is 2.14. The second-order valence-corrected chi connectivity index (χ2v) is 6.73. The fraction of sp³-hybridized carbons (Fsp3) is 1.00. The van der Waals surface area contributed by atoms with Crippen molar-refractivity contribution in [2.45, 2.75) is 30.8 Å². The monoisotopic (exact) mass is 347 g/mol. The first-order valence-electron chi connectivity index (χ1n) is 5.57. The van der Waals surface area contributed by atoms with Gasteiger partial charge in [0.25, 0.3) is 0 Å². The SMILES string of the molecule is C[C@@H](I)OC[C@]1(C)CN(C)CC[C@@H]1C(F)F. The summed E-state index contributed by atoms with van der Waals surface area (Å²) in [5, 5.41) is 0. The second kappa shape index (κ2) is 5.91. The van der Waals surface area contributed by atoms with E-state index < -0.39 is 17.8 Å². The van der Waals surface area contributed by atoms with Crippen LogP contribution in [0.5, 0.6) is 0 Å². The Bertz CT molecular complexity index is 228. The van der Waals surface area contributed by atoms with Crippen molar-refractivity contribution in [1.29, 1.82) is 0 Å². The van der Waals surface area contributed by atoms with Crippen molar-refractivity contribution in [3.8, 4) is 0 Å². The number of nitrogens with zero attached hydrogens (tertiary/aromatic N) is 1. The molecule has 1 fully saturated rings. The quantitative estimate of drug-likeness (QED) is 0.573. The summed E-state index contributed by atoms with van der Waals surface area (Å²) in [7, 11) is 1.98. The molecule has 0 saturated carbocycles. The van der Waals surface area contributed by atoms with Gasteiger partial charge >= 0.3 is 0 Å². The van der Waals surface area contributed by atoms with Gasteiger partial charge in [0.05, 0.1) is 6.61 Å². The summed E-state index contributed by atoms with van der Waals surface area (Å²) in [6.07, 6.45) is -1.68. The van der Waals surface area contributed by atoms with E-state index in [1.165, 1.54) is 0 Å². The minimum absolute atomic E-state index is 0.0694. The van der Waals surface area contributed by atoms with E-state index in [-0.39, 0.29) is 4.11 Å². The zero-order chi connectivity index (χ0) is 12.3. The second-order valence-electron chi connectivity index (χ2n) is 4.98. The Balaban J connectivity index is 2.67. The Morgan fingerprint density at radius 3 is 2.69 bits per heavy atom. The van der Waals surface area contributed by atoms with Gasteiger partial charge in [0, 0.05) is 17.9 Å². The average molecular weight is 347 g/mol. The molecule has 5 heteroatoms. The van der Waals surface area contributed by atoms with E-state index in [1.807, 2.05) is 20.9 Å². The van der Waals surface area contributed by atoms with Crippen molar-refractivity contribution < 1.29 is 13.5 Å². The predicted octanol–water partition coefficient (Wildman–Crippen LogP) is 3.01. The lowest BCUT2D eigenvalue weighted by atomic mass is 9.73. The van der Waals surface area contributed by atoms with E-state index in [2.05, 4.69) is 27.5 Å². The van der Waals surface area contributed by atoms with Gasteiger partial charge < -0.3 is 9.64 Å². The Morgan fingerprint density at radius 1 is 1.56 bits per heavy atom. The molecule has 0 bridgehead atoms. The fourth-order valence-electron chi connectivity index (χ4n) is 2.41. The van der Waals surface area contributed by atoms with Gasteiger partial charge in [-0.25, -0.2) is 8.78 Å². The first-order valence-corrected chi connectivity index (χ1v) is 6.82. The van der Waals surface area contributed by atoms with Crippen molar-refractivity contribution in [2.75, 3.05) is 26.7 Å². The number of piperidine rings is 1. The van der Waals surface area contributed by atoms with E-state index in [0.717, 1.165) is 6.54 Å². The molecule has 0 aliphatic carbocycles. The lowest BCUT2D eigenvalue weighted by Crippen LogP contribution is -2.50. The molecule has 0 aromatic heterocycles. The largest absolute Gasteiger partial charge is 0.368 e. The molecule has 16 heavy (non-hydrogen) atoms. The maximum absolute atomic E-state index is 13.0. The van der Waals surface area contributed by atoms with Crippen LogP contribution in [0, 0.1) is 11.3 Å². The van der Waals surface area contributed by atoms with E-state index >= 15 is 0 Å². The molecule has 1 saturated heterocycles. The molecule has 0 N–H and O–H groups in total. The van der Waals surface area contributed by atoms with E-state index in [1.54, 1.807) is 0 Å². The highest BCUT2D eigenvalue weighted by Gasteiger charge is 2.43. The Morgan fingerprint density at radius 2 is 2.19 bits per heavy atom. The summed E-state index contributed by atoms with van der Waals surface area (Å²) in [6.45, 7) is 5.69. The zero-order valence-corrected chi connectivity index (χ0v) is 12.2. The number of halogens is 3. The van der Waals surface area contributed by atoms with Crippen LogP contribution in [-0.4, -0.2) is 42.2 Å². The summed E-state index contributed by atoms with van der Waals surface area (Å²) in [5.41, 5.74) is -0.430. The minimum Gasteiger partial charge on any atom is -0.368 e. The van der Waals surface area contributed by atoms with Crippen LogP contribution in [0.3, 0.4) is 0 Å². The van der Waals surface area contributed by atoms with Crippen molar-refractivity contribution in [2.24, 2.45) is 11.3 Å². The maximum atomic E-state index is 13.0. The molecule has 0 radical (unpaired) electrons. The van der Waals surface area contributed by atoms with Crippen LogP contribution in [0.4, 0.5) is 8.78 Å². The fourth-order valence-corrected chi connectivity index (χ4v) is 2.59. The molecule has 0 unspecified atom stereocenters. The molecule has 0 aromatic carbocycles. The van der Waals surface area contributed by atoms with E-state index in [0.29, 0.717) is 19.6 Å². The lowest BCUT2D eigenvalue weighted by Gasteiger charge is -2.44. The number of ether oxygens (including phenoxy) is 1. The van der Waals surface area contributed by atoms with E-state index in [9.17, 15) is 8.78 Å². The van der Waals surface area contributed by atoms with Crippen LogP contribution in [0.2, 0.25) is 0 Å². The predicted molar refractivity (Wildman–Crippen MR) is 69.1 cm³/mol. The van der Waals surface area contributed by atoms with Crippen molar-refractivity contribution in [3.05, 3.63) is 0 Å². The smallest absolute Gasteiger partial charge is 0.242 e. The highest BCUT2D eigenvalue weighted by atomic mass is 127. The highest BCUT2D eigenvalue weighted by Crippen LogP contribution is 2.39. The van der Waals surface area contributed by atoms with Gasteiger partial charge in [-0.2, -0.15) is 0 Å². The number of alkyl halides is 3. The van der Waals surface area contributed by atoms with Crippen LogP contribution in [0.25, 0.3) is 0 Å². The molecular formula is C11H20F2INO. The van der Waals surface area contributed by atoms with Gasteiger partial charge in [-0.3, -0.25) is 0 Å². The molecule has 1 aliphatic rings. The molecule has 2 nitrogen and oxygen atoms in total. The third-order valence-electron chi connectivity index (χ3n) is 3.30. The van der Waals surface area contributed by atoms with Gasteiger partial charge in [0.1, 0.15) is 4.11 Å². The summed E-state index contributed by atoms with van der Waals surface area (Å²) in [5.74, 6) is -0.543. The molecule has 96 valence electrons. The van der Waals surface area contributed by atoms with Crippen LogP contribution in [0.15, 0.2) is 0 Å². The molecule has 1 heterocycles. The topological polar surface area (TPSA) is 12.5 Å². The molecule has 0 aromatic rings. The molecule has 1 aliphatic heterocycles. The van der Waals surface area contributed by atoms with E-state index in [4.69, 9.17) is 4.74 Å². The number of hydrogen-bond donors (Lipinski definition) is 0. The first kappa shape index (κ1) is 14.6. The lowest BCUT2D eigenvalue weighted by molar-refractivity contribution is -0.0875. The van der Waals surface area contributed by atoms with Crippen LogP contribution >= 0.6 is 22.6 Å². The van der Waals surface area contributed by atoms with Crippen LogP contribution in [0.1, 0.15) is 20.3 Å². The molecule has 0 spiro atoms. The van der Waals surface area contributed by atoms with Crippen molar-refractivity contribution >= 4 is 22.6 Å². The molecule has 0 amide bonds. The number of likely N-dealkylation sites (tertiary alicyclic amines) is 1. The van der Waals surface area contributed by atoms with Gasteiger partial charge in [-0.1, -0.05) is 29.5 Å². The van der Waals surface area contributed by atoms with Crippen LogP contribution in [-0.2, 0) is 4.74 Å². The van der Waals surface area contributed by atoms with Crippen molar-refractivity contribution in [3.63, 3.8) is 0 Å². The third-order valence-corrected chi connectivity index (χ3v) is 3.65. The zero-order valence-electron chi connectivity index (χ0n) is 10.0.